The van der Waals surface area contributed by atoms with Gasteiger partial charge in [-0.3, -0.25) is 0 Å². The highest BCUT2D eigenvalue weighted by molar-refractivity contribution is 5.73. The highest BCUT2D eigenvalue weighted by Gasteiger charge is 2.30. The van der Waals surface area contributed by atoms with Gasteiger partial charge in [0.2, 0.25) is 17.2 Å². The zero-order valence-electron chi connectivity index (χ0n) is 22.5. The van der Waals surface area contributed by atoms with Crippen LogP contribution in [0.4, 0.5) is 4.79 Å². The lowest BCUT2D eigenvalue weighted by Gasteiger charge is -2.23. The zero-order chi connectivity index (χ0) is 25.9. The van der Waals surface area contributed by atoms with Crippen LogP contribution in [0.15, 0.2) is 0 Å². The zero-order valence-corrected chi connectivity index (χ0v) is 22.5. The highest BCUT2D eigenvalue weighted by atomic mass is 16.7. The van der Waals surface area contributed by atoms with Crippen molar-refractivity contribution in [1.29, 1.82) is 0 Å². The number of ether oxygens (including phenoxy) is 4. The minimum atomic E-state index is -1.49. The Morgan fingerprint density at radius 2 is 1.06 bits per heavy atom. The molecule has 0 unspecified atom stereocenters. The molecule has 0 aliphatic carbocycles. The number of phenols is 1. The van der Waals surface area contributed by atoms with Crippen LogP contribution in [0.5, 0.6) is 28.7 Å². The fraction of sp³-hybridized carbons (Fsp3) is 0.750. The fourth-order valence-electron chi connectivity index (χ4n) is 3.75. The van der Waals surface area contributed by atoms with Crippen LogP contribution in [0, 0.1) is 0 Å². The number of aromatic hydroxyl groups is 1. The molecule has 7 nitrogen and oxygen atoms in total. The molecule has 0 heterocycles. The Bertz CT molecular complexity index is 718. The molecular formula is C28H48O7. The van der Waals surface area contributed by atoms with E-state index < -0.39 is 6.16 Å². The molecule has 2 N–H and O–H groups in total. The van der Waals surface area contributed by atoms with Crippen LogP contribution in [0.1, 0.15) is 117 Å². The summed E-state index contributed by atoms with van der Waals surface area (Å²) in [7, 11) is 0. The van der Waals surface area contributed by atoms with Gasteiger partial charge in [-0.25, -0.2) is 4.79 Å². The molecule has 7 heteroatoms. The number of benzene rings is 1. The molecule has 35 heavy (non-hydrogen) atoms. The monoisotopic (exact) mass is 496 g/mol. The van der Waals surface area contributed by atoms with Crippen molar-refractivity contribution in [2.24, 2.45) is 0 Å². The maximum Gasteiger partial charge on any atom is 0.511 e. The second-order valence-electron chi connectivity index (χ2n) is 8.99. The summed E-state index contributed by atoms with van der Waals surface area (Å²) in [6.07, 6.45) is 12.2. The lowest BCUT2D eigenvalue weighted by molar-refractivity contribution is 0.141. The molecule has 0 amide bonds. The molecular weight excluding hydrogens is 448 g/mol. The van der Waals surface area contributed by atoms with Crippen molar-refractivity contribution >= 4 is 6.16 Å². The molecule has 0 aliphatic rings. The number of rotatable bonds is 21. The van der Waals surface area contributed by atoms with Crippen LogP contribution >= 0.6 is 0 Å². The molecule has 0 aliphatic heterocycles. The second-order valence-corrected chi connectivity index (χ2v) is 8.99. The van der Waals surface area contributed by atoms with E-state index in [1.165, 1.54) is 25.7 Å². The molecule has 0 atom stereocenters. The second kappa shape index (κ2) is 18.9. The summed E-state index contributed by atoms with van der Waals surface area (Å²) < 4.78 is 23.3. The predicted octanol–water partition coefficient (Wildman–Crippen LogP) is 8.28. The van der Waals surface area contributed by atoms with Gasteiger partial charge in [-0.1, -0.05) is 85.5 Å². The van der Waals surface area contributed by atoms with Crippen LogP contribution in [-0.2, 0) is 6.42 Å². The molecule has 0 fully saturated rings. The number of carbonyl (C=O) groups is 1. The van der Waals surface area contributed by atoms with E-state index in [4.69, 9.17) is 18.9 Å². The van der Waals surface area contributed by atoms with Gasteiger partial charge in [0.25, 0.3) is 0 Å². The molecule has 1 rings (SSSR count). The number of hydrogen-bond acceptors (Lipinski definition) is 6. The maximum atomic E-state index is 11.5. The summed E-state index contributed by atoms with van der Waals surface area (Å²) >= 11 is 0. The number of phenolic OH excluding ortho intramolecular Hbond substituents is 1. The van der Waals surface area contributed by atoms with Gasteiger partial charge in [-0.2, -0.15) is 0 Å². The average Bonchev–Trinajstić information content (AvgIpc) is 2.83. The van der Waals surface area contributed by atoms with Crippen molar-refractivity contribution in [3.63, 3.8) is 0 Å². The topological polar surface area (TPSA) is 94.5 Å². The lowest BCUT2D eigenvalue weighted by atomic mass is 10.0. The Balaban J connectivity index is 3.39. The molecule has 0 spiro atoms. The number of unbranched alkanes of at least 4 members (excludes halogenated alkanes) is 9. The van der Waals surface area contributed by atoms with Crippen molar-refractivity contribution in [1.82, 2.24) is 0 Å². The normalized spacial score (nSPS) is 10.9. The fourth-order valence-corrected chi connectivity index (χ4v) is 3.75. The van der Waals surface area contributed by atoms with Crippen LogP contribution in [0.25, 0.3) is 0 Å². The summed E-state index contributed by atoms with van der Waals surface area (Å²) in [5.41, 5.74) is 0.531. The summed E-state index contributed by atoms with van der Waals surface area (Å²) in [5, 5.41) is 20.5. The van der Waals surface area contributed by atoms with Crippen LogP contribution < -0.4 is 18.9 Å². The van der Waals surface area contributed by atoms with Crippen molar-refractivity contribution in [2.45, 2.75) is 118 Å². The summed E-state index contributed by atoms with van der Waals surface area (Å²) in [4.78, 5) is 11.5. The first-order chi connectivity index (χ1) is 17.0. The lowest BCUT2D eigenvalue weighted by Crippen LogP contribution is -2.12. The van der Waals surface area contributed by atoms with E-state index in [0.717, 1.165) is 57.8 Å². The van der Waals surface area contributed by atoms with E-state index in [1.54, 1.807) is 0 Å². The van der Waals surface area contributed by atoms with E-state index in [-0.39, 0.29) is 17.2 Å². The standard InChI is InChI=1S/C28H48O7/c1-5-9-13-14-15-16-17-18-22-24(35-28(30)31)23(29)26(33-20-11-7-3)27(34-21-12-8-4)25(22)32-19-10-6-2/h29H,5-21H2,1-4H3,(H,30,31). The van der Waals surface area contributed by atoms with Crippen molar-refractivity contribution in [3.8, 4) is 28.7 Å². The summed E-state index contributed by atoms with van der Waals surface area (Å²) in [6, 6.07) is 0. The number of hydrogen-bond donors (Lipinski definition) is 2. The predicted molar refractivity (Wildman–Crippen MR) is 140 cm³/mol. The van der Waals surface area contributed by atoms with Gasteiger partial charge >= 0.3 is 6.16 Å². The van der Waals surface area contributed by atoms with Crippen LogP contribution in [-0.4, -0.2) is 36.2 Å². The maximum absolute atomic E-state index is 11.5. The van der Waals surface area contributed by atoms with Gasteiger partial charge in [0.15, 0.2) is 11.5 Å². The van der Waals surface area contributed by atoms with E-state index in [1.807, 2.05) is 6.92 Å². The minimum absolute atomic E-state index is 0.0978. The van der Waals surface area contributed by atoms with E-state index >= 15 is 0 Å². The summed E-state index contributed by atoms with van der Waals surface area (Å²) in [6.45, 7) is 9.67. The molecule has 0 saturated heterocycles. The highest BCUT2D eigenvalue weighted by Crippen LogP contribution is 2.54. The van der Waals surface area contributed by atoms with Crippen molar-refractivity contribution in [3.05, 3.63) is 5.56 Å². The third kappa shape index (κ3) is 11.3. The molecule has 0 aromatic heterocycles. The average molecular weight is 497 g/mol. The summed E-state index contributed by atoms with van der Waals surface area (Å²) in [5.74, 6) is 0.431. The van der Waals surface area contributed by atoms with Crippen LogP contribution in [0.2, 0.25) is 0 Å². The van der Waals surface area contributed by atoms with Crippen LogP contribution in [0.3, 0.4) is 0 Å². The minimum Gasteiger partial charge on any atom is -0.502 e. The van der Waals surface area contributed by atoms with Crippen molar-refractivity contribution in [2.75, 3.05) is 19.8 Å². The van der Waals surface area contributed by atoms with Gasteiger partial charge in [0.05, 0.1) is 19.8 Å². The van der Waals surface area contributed by atoms with Crippen molar-refractivity contribution < 1.29 is 34.0 Å². The first-order valence-corrected chi connectivity index (χ1v) is 13.7. The van der Waals surface area contributed by atoms with E-state index in [2.05, 4.69) is 20.8 Å². The SMILES string of the molecule is CCCCCCCCCc1c(OC(=O)O)c(O)c(OCCCC)c(OCCCC)c1OCCCC. The Kier molecular flexibility index (Phi) is 16.6. The van der Waals surface area contributed by atoms with Gasteiger partial charge < -0.3 is 29.2 Å². The van der Waals surface area contributed by atoms with E-state index in [9.17, 15) is 15.0 Å². The smallest absolute Gasteiger partial charge is 0.502 e. The third-order valence-electron chi connectivity index (χ3n) is 5.84. The van der Waals surface area contributed by atoms with Gasteiger partial charge in [-0.15, -0.1) is 0 Å². The Labute approximate surface area is 212 Å². The third-order valence-corrected chi connectivity index (χ3v) is 5.84. The molecule has 1 aromatic rings. The molecule has 0 radical (unpaired) electrons. The Morgan fingerprint density at radius 3 is 1.57 bits per heavy atom. The molecule has 1 aromatic carbocycles. The van der Waals surface area contributed by atoms with E-state index in [0.29, 0.717) is 43.3 Å². The Hall–Kier alpha value is -2.31. The quantitative estimate of drug-likeness (QED) is 0.100. The van der Waals surface area contributed by atoms with Gasteiger partial charge in [0, 0.05) is 5.56 Å². The molecule has 0 saturated carbocycles. The first-order valence-electron chi connectivity index (χ1n) is 13.7. The Morgan fingerprint density at radius 1 is 0.600 bits per heavy atom. The van der Waals surface area contributed by atoms with Gasteiger partial charge in [-0.05, 0) is 32.1 Å². The number of carboxylic acid groups (broad SMARTS) is 1. The molecule has 0 bridgehead atoms. The largest absolute Gasteiger partial charge is 0.511 e. The van der Waals surface area contributed by atoms with Gasteiger partial charge in [0.1, 0.15) is 0 Å². The molecule has 202 valence electrons. The first kappa shape index (κ1) is 30.7.